The normalized spacial score (nSPS) is 20.0. The molecule has 0 unspecified atom stereocenters. The first-order valence-corrected chi connectivity index (χ1v) is 15.6. The smallest absolute Gasteiger partial charge is 0.399 e. The summed E-state index contributed by atoms with van der Waals surface area (Å²) < 4.78 is 54.7. The van der Waals surface area contributed by atoms with Gasteiger partial charge in [-0.15, -0.1) is 0 Å². The molecule has 6 rings (SSSR count). The highest BCUT2D eigenvalue weighted by Crippen LogP contribution is 2.42. The van der Waals surface area contributed by atoms with Crippen LogP contribution in [0.25, 0.3) is 5.69 Å². The summed E-state index contributed by atoms with van der Waals surface area (Å²) in [7, 11) is -0.600. The van der Waals surface area contributed by atoms with Crippen molar-refractivity contribution < 1.29 is 32.2 Å². The highest BCUT2D eigenvalue weighted by molar-refractivity contribution is 6.62. The molecular formula is C34H35BF3N5O5. The molecule has 2 aliphatic heterocycles. The molecule has 4 aromatic rings. The molecule has 1 N–H and O–H groups in total. The molecule has 2 aliphatic rings. The van der Waals surface area contributed by atoms with E-state index in [-0.39, 0.29) is 17.8 Å². The molecule has 0 spiro atoms. The maximum atomic E-state index is 13.5. The highest BCUT2D eigenvalue weighted by atomic mass is 19.4. The van der Waals surface area contributed by atoms with Crippen molar-refractivity contribution in [3.8, 4) is 5.69 Å². The lowest BCUT2D eigenvalue weighted by atomic mass is 9.79. The maximum absolute atomic E-state index is 13.5. The summed E-state index contributed by atoms with van der Waals surface area (Å²) >= 11 is 0. The predicted octanol–water partition coefficient (Wildman–Crippen LogP) is 5.87. The number of anilines is 1. The number of fused-ring (bicyclic) bond motifs is 1. The molecule has 14 heteroatoms. The zero-order valence-electron chi connectivity index (χ0n) is 27.1. The Bertz CT molecular complexity index is 1860. The van der Waals surface area contributed by atoms with Crippen LogP contribution >= 0.6 is 0 Å². The van der Waals surface area contributed by atoms with E-state index in [0.717, 1.165) is 29.1 Å². The van der Waals surface area contributed by atoms with Crippen LogP contribution < -0.4 is 15.7 Å². The van der Waals surface area contributed by atoms with Gasteiger partial charge >= 0.3 is 13.3 Å². The lowest BCUT2D eigenvalue weighted by molar-refractivity contribution is -0.384. The number of nitrogens with one attached hydrogen (secondary N) is 1. The Balaban J connectivity index is 1.41. The number of aromatic nitrogens is 2. The van der Waals surface area contributed by atoms with Crippen LogP contribution in [-0.2, 0) is 15.5 Å². The van der Waals surface area contributed by atoms with Crippen LogP contribution in [0.5, 0.6) is 0 Å². The SMILES string of the molecule is CCN1C[C@@H](NC(=O)c2cccc(C(F)(F)F)c2)[C@H](c2cccc([N+](=O)[O-])c2)c2cnn(-c3cccc(B4OC(C)(C)C(C)(C)O4)c3)c21. The van der Waals surface area contributed by atoms with Gasteiger partial charge < -0.3 is 19.5 Å². The summed E-state index contributed by atoms with van der Waals surface area (Å²) in [4.78, 5) is 26.8. The van der Waals surface area contributed by atoms with Crippen LogP contribution in [0.4, 0.5) is 24.7 Å². The van der Waals surface area contributed by atoms with Crippen LogP contribution in [0.1, 0.15) is 67.6 Å². The third-order valence-electron chi connectivity index (χ3n) is 9.46. The third kappa shape index (κ3) is 6.05. The van der Waals surface area contributed by atoms with Gasteiger partial charge in [0.2, 0.25) is 0 Å². The van der Waals surface area contributed by atoms with E-state index in [9.17, 15) is 28.1 Å². The molecule has 3 aromatic carbocycles. The number of rotatable bonds is 7. The second kappa shape index (κ2) is 12.1. The number of halogens is 3. The van der Waals surface area contributed by atoms with Crippen LogP contribution in [0.2, 0.25) is 0 Å². The number of nitro benzene ring substituents is 1. The highest BCUT2D eigenvalue weighted by Gasteiger charge is 2.52. The average Bonchev–Trinajstić information content (AvgIpc) is 3.57. The molecule has 3 heterocycles. The quantitative estimate of drug-likeness (QED) is 0.150. The molecule has 0 radical (unpaired) electrons. The number of benzene rings is 3. The zero-order chi connectivity index (χ0) is 34.6. The van der Waals surface area contributed by atoms with Crippen LogP contribution in [-0.4, -0.2) is 58.1 Å². The lowest BCUT2D eigenvalue weighted by Crippen LogP contribution is -2.51. The Morgan fingerprint density at radius 3 is 2.40 bits per heavy atom. The van der Waals surface area contributed by atoms with Gasteiger partial charge in [0.15, 0.2) is 0 Å². The number of amides is 1. The van der Waals surface area contributed by atoms with E-state index < -0.39 is 52.9 Å². The number of nitrogens with zero attached hydrogens (tertiary/aromatic N) is 4. The van der Waals surface area contributed by atoms with Crippen molar-refractivity contribution in [2.75, 3.05) is 18.0 Å². The van der Waals surface area contributed by atoms with Crippen molar-refractivity contribution >= 4 is 30.0 Å². The Labute approximate surface area is 276 Å². The van der Waals surface area contributed by atoms with Crippen molar-refractivity contribution in [2.24, 2.45) is 0 Å². The molecule has 10 nitrogen and oxygen atoms in total. The monoisotopic (exact) mass is 661 g/mol. The van der Waals surface area contributed by atoms with E-state index >= 15 is 0 Å². The van der Waals surface area contributed by atoms with Gasteiger partial charge in [-0.25, -0.2) is 4.68 Å². The first-order chi connectivity index (χ1) is 22.6. The fourth-order valence-corrected chi connectivity index (χ4v) is 6.25. The minimum Gasteiger partial charge on any atom is -0.399 e. The first kappa shape index (κ1) is 33.2. The average molecular weight is 661 g/mol. The standard InChI is InChI=1S/C34H35BF3N5O5/c1-6-41-20-28(40-30(44)22-11-7-12-23(16-22)34(36,37)38)29(21-10-8-15-26(17-21)43(45)46)27-19-39-42(31(27)41)25-14-9-13-24(18-25)35-47-32(2,3)33(4,5)48-35/h7-19,28-29H,6,20H2,1-5H3,(H,40,44)/t28-,29-/m1/s1. The number of nitro groups is 1. The summed E-state index contributed by atoms with van der Waals surface area (Å²) in [5.41, 5.74) is 0.509. The minimum absolute atomic E-state index is 0.127. The lowest BCUT2D eigenvalue weighted by Gasteiger charge is -2.40. The maximum Gasteiger partial charge on any atom is 0.494 e. The van der Waals surface area contributed by atoms with Gasteiger partial charge in [0.1, 0.15) is 5.82 Å². The van der Waals surface area contributed by atoms with Gasteiger partial charge in [-0.2, -0.15) is 18.3 Å². The fraction of sp³-hybridized carbons (Fsp3) is 0.353. The zero-order valence-corrected chi connectivity index (χ0v) is 27.1. The first-order valence-electron chi connectivity index (χ1n) is 15.6. The molecule has 2 atom stereocenters. The van der Waals surface area contributed by atoms with Gasteiger partial charge in [0, 0.05) is 42.3 Å². The van der Waals surface area contributed by atoms with Crippen molar-refractivity contribution in [3.05, 3.63) is 111 Å². The molecule has 0 aliphatic carbocycles. The van der Waals surface area contributed by atoms with E-state index in [1.54, 1.807) is 23.0 Å². The molecule has 0 bridgehead atoms. The minimum atomic E-state index is -4.62. The summed E-state index contributed by atoms with van der Waals surface area (Å²) in [5.74, 6) is -0.578. The van der Waals surface area contributed by atoms with Crippen molar-refractivity contribution in [1.29, 1.82) is 0 Å². The topological polar surface area (TPSA) is 112 Å². The Morgan fingerprint density at radius 2 is 1.73 bits per heavy atom. The van der Waals surface area contributed by atoms with Crippen molar-refractivity contribution in [2.45, 2.75) is 64.0 Å². The van der Waals surface area contributed by atoms with Crippen LogP contribution in [0.15, 0.2) is 79.0 Å². The number of non-ortho nitro benzene ring substituents is 1. The second-order valence-corrected chi connectivity index (χ2v) is 13.0. The molecule has 48 heavy (non-hydrogen) atoms. The molecule has 250 valence electrons. The number of carbonyl (C=O) groups excluding carboxylic acids is 1. The summed E-state index contributed by atoms with van der Waals surface area (Å²) in [6.07, 6.45) is -2.94. The number of hydrogen-bond donors (Lipinski definition) is 1. The second-order valence-electron chi connectivity index (χ2n) is 13.0. The van der Waals surface area contributed by atoms with E-state index in [1.807, 2.05) is 63.8 Å². The van der Waals surface area contributed by atoms with Crippen LogP contribution in [0, 0.1) is 10.1 Å². The van der Waals surface area contributed by atoms with Gasteiger partial charge in [-0.1, -0.05) is 30.3 Å². The number of carbonyl (C=O) groups is 1. The van der Waals surface area contributed by atoms with Crippen molar-refractivity contribution in [3.63, 3.8) is 0 Å². The van der Waals surface area contributed by atoms with Gasteiger partial charge in [0.25, 0.3) is 11.6 Å². The third-order valence-corrected chi connectivity index (χ3v) is 9.46. The Morgan fingerprint density at radius 1 is 1.04 bits per heavy atom. The number of alkyl halides is 3. The molecule has 1 amide bonds. The predicted molar refractivity (Wildman–Crippen MR) is 175 cm³/mol. The van der Waals surface area contributed by atoms with Gasteiger partial charge in [-0.3, -0.25) is 14.9 Å². The molecule has 0 saturated carbocycles. The van der Waals surface area contributed by atoms with Crippen molar-refractivity contribution in [1.82, 2.24) is 15.1 Å². The van der Waals surface area contributed by atoms with Gasteiger partial charge in [0.05, 0.1) is 39.6 Å². The van der Waals surface area contributed by atoms with Gasteiger partial charge in [-0.05, 0) is 76.0 Å². The van der Waals surface area contributed by atoms with E-state index in [0.29, 0.717) is 17.7 Å². The molecular weight excluding hydrogens is 626 g/mol. The fourth-order valence-electron chi connectivity index (χ4n) is 6.25. The summed E-state index contributed by atoms with van der Waals surface area (Å²) in [6.45, 7) is 10.6. The van der Waals surface area contributed by atoms with Crippen LogP contribution in [0.3, 0.4) is 0 Å². The summed E-state index contributed by atoms with van der Waals surface area (Å²) in [5, 5.41) is 19.4. The Kier molecular flexibility index (Phi) is 8.36. The summed E-state index contributed by atoms with van der Waals surface area (Å²) in [6, 6.07) is 17.4. The Hall–Kier alpha value is -4.69. The number of hydrogen-bond acceptors (Lipinski definition) is 7. The molecule has 1 saturated heterocycles. The largest absolute Gasteiger partial charge is 0.494 e. The van der Waals surface area contributed by atoms with E-state index in [2.05, 4.69) is 5.32 Å². The van der Waals surface area contributed by atoms with E-state index in [4.69, 9.17) is 14.4 Å². The van der Waals surface area contributed by atoms with E-state index in [1.165, 1.54) is 24.3 Å². The molecule has 1 fully saturated rings. The molecule has 1 aromatic heterocycles. The number of likely N-dealkylation sites (N-methyl/N-ethyl adjacent to an activating group) is 1.